The molecule has 1 aliphatic carbocycles. The highest BCUT2D eigenvalue weighted by Gasteiger charge is 2.14. The third-order valence-electron chi connectivity index (χ3n) is 9.37. The van der Waals surface area contributed by atoms with E-state index >= 15 is 0 Å². The van der Waals surface area contributed by atoms with Crippen molar-refractivity contribution >= 4 is 27.4 Å². The predicted molar refractivity (Wildman–Crippen MR) is 202 cm³/mol. The third kappa shape index (κ3) is 5.43. The Kier molecular flexibility index (Phi) is 7.25. The summed E-state index contributed by atoms with van der Waals surface area (Å²) in [4.78, 5) is 14.5. The molecular formula is C45H32N4. The molecule has 3 aromatic heterocycles. The molecule has 0 radical (unpaired) electrons. The van der Waals surface area contributed by atoms with E-state index in [9.17, 15) is 0 Å². The van der Waals surface area contributed by atoms with Crippen LogP contribution in [0.1, 0.15) is 18.4 Å². The highest BCUT2D eigenvalue weighted by Crippen LogP contribution is 2.34. The molecule has 0 unspecified atom stereocenters. The zero-order chi connectivity index (χ0) is 32.6. The molecular weight excluding hydrogens is 597 g/mol. The molecule has 0 aliphatic heterocycles. The first-order valence-corrected chi connectivity index (χ1v) is 16.7. The lowest BCUT2D eigenvalue weighted by Crippen LogP contribution is -1.97. The smallest absolute Gasteiger partial charge is 0.160 e. The van der Waals surface area contributed by atoms with Crippen LogP contribution in [0.5, 0.6) is 0 Å². The Labute approximate surface area is 285 Å². The van der Waals surface area contributed by atoms with Crippen molar-refractivity contribution in [1.29, 1.82) is 0 Å². The molecule has 4 nitrogen and oxygen atoms in total. The van der Waals surface area contributed by atoms with Gasteiger partial charge in [-0.15, -0.1) is 0 Å². The maximum Gasteiger partial charge on any atom is 0.160 e. The molecule has 0 amide bonds. The summed E-state index contributed by atoms with van der Waals surface area (Å²) in [6.07, 6.45) is 12.6. The molecule has 4 heteroatoms. The number of aromatic nitrogens is 4. The second-order valence-electron chi connectivity index (χ2n) is 12.4. The van der Waals surface area contributed by atoms with Crippen molar-refractivity contribution in [2.45, 2.75) is 12.8 Å². The number of para-hydroxylation sites is 2. The van der Waals surface area contributed by atoms with E-state index in [1.165, 1.54) is 32.9 Å². The first kappa shape index (κ1) is 28.8. The molecule has 9 rings (SSSR count). The lowest BCUT2D eigenvalue weighted by Gasteiger charge is -2.12. The molecule has 0 bridgehead atoms. The van der Waals surface area contributed by atoms with Gasteiger partial charge >= 0.3 is 0 Å². The molecule has 0 atom stereocenters. The fraction of sp³-hybridized carbons (Fsp3) is 0.0444. The van der Waals surface area contributed by atoms with E-state index in [1.54, 1.807) is 6.20 Å². The fourth-order valence-corrected chi connectivity index (χ4v) is 6.86. The summed E-state index contributed by atoms with van der Waals surface area (Å²) in [6, 6.07) is 49.2. The summed E-state index contributed by atoms with van der Waals surface area (Å²) >= 11 is 0. The Morgan fingerprint density at radius 3 is 1.69 bits per heavy atom. The Morgan fingerprint density at radius 2 is 1.08 bits per heavy atom. The molecule has 0 N–H and O–H groups in total. The minimum Gasteiger partial charge on any atom is -0.309 e. The van der Waals surface area contributed by atoms with Gasteiger partial charge in [-0.1, -0.05) is 121 Å². The van der Waals surface area contributed by atoms with E-state index < -0.39 is 0 Å². The van der Waals surface area contributed by atoms with Gasteiger partial charge in [0.15, 0.2) is 5.82 Å². The first-order chi connectivity index (χ1) is 24.3. The van der Waals surface area contributed by atoms with Gasteiger partial charge in [-0.2, -0.15) is 0 Å². The van der Waals surface area contributed by atoms with Gasteiger partial charge < -0.3 is 4.57 Å². The van der Waals surface area contributed by atoms with E-state index in [1.807, 2.05) is 12.3 Å². The standard InChI is InChI=1S/C45H32N4/c1-2-9-31(10-3-1)32-18-22-36(23-19-32)45-47-41(34-20-16-33(17-21-34)37-11-8-28-46-30-37)29-42(48-45)35-24-26-38(27-25-35)49-43-14-6-4-12-39(43)40-13-5-7-15-44(40)49/h2,4-30H,1,3H2. The summed E-state index contributed by atoms with van der Waals surface area (Å²) < 4.78 is 2.34. The van der Waals surface area contributed by atoms with Crippen molar-refractivity contribution in [3.63, 3.8) is 0 Å². The average molecular weight is 629 g/mol. The quantitative estimate of drug-likeness (QED) is 0.184. The van der Waals surface area contributed by atoms with Gasteiger partial charge in [0.1, 0.15) is 0 Å². The van der Waals surface area contributed by atoms with Crippen LogP contribution in [0, 0.1) is 0 Å². The number of allylic oxidation sites excluding steroid dienone is 4. The zero-order valence-electron chi connectivity index (χ0n) is 26.9. The molecule has 0 spiro atoms. The van der Waals surface area contributed by atoms with Crippen LogP contribution in [-0.4, -0.2) is 19.5 Å². The van der Waals surface area contributed by atoms with Crippen molar-refractivity contribution < 1.29 is 0 Å². The molecule has 5 aromatic carbocycles. The minimum absolute atomic E-state index is 0.704. The highest BCUT2D eigenvalue weighted by atomic mass is 15.0. The summed E-state index contributed by atoms with van der Waals surface area (Å²) in [7, 11) is 0. The van der Waals surface area contributed by atoms with Gasteiger partial charge in [0.2, 0.25) is 0 Å². The number of hydrogen-bond donors (Lipinski definition) is 0. The number of nitrogens with zero attached hydrogens (tertiary/aromatic N) is 4. The summed E-state index contributed by atoms with van der Waals surface area (Å²) in [6.45, 7) is 0. The number of fused-ring (bicyclic) bond motifs is 3. The number of pyridine rings is 1. The SMILES string of the molecule is C1=CC(c2ccc(-c3nc(-c4ccc(-c5cccnc5)cc4)cc(-c4ccc(-n5c6ccccc6c6ccccc65)cc4)n3)cc2)=CCC1. The normalized spacial score (nSPS) is 12.8. The third-order valence-corrected chi connectivity index (χ3v) is 9.37. The van der Waals surface area contributed by atoms with Crippen LogP contribution in [0.25, 0.3) is 78.1 Å². The van der Waals surface area contributed by atoms with Crippen LogP contribution in [0.15, 0.2) is 170 Å². The number of rotatable bonds is 6. The summed E-state index contributed by atoms with van der Waals surface area (Å²) in [5.41, 5.74) is 13.0. The van der Waals surface area contributed by atoms with Crippen molar-refractivity contribution in [1.82, 2.24) is 19.5 Å². The zero-order valence-corrected chi connectivity index (χ0v) is 26.9. The second kappa shape index (κ2) is 12.3. The van der Waals surface area contributed by atoms with E-state index in [2.05, 4.69) is 161 Å². The predicted octanol–water partition coefficient (Wildman–Crippen LogP) is 11.4. The van der Waals surface area contributed by atoms with Crippen LogP contribution in [0.2, 0.25) is 0 Å². The van der Waals surface area contributed by atoms with Crippen LogP contribution in [0.4, 0.5) is 0 Å². The Bertz CT molecular complexity index is 2450. The molecule has 3 heterocycles. The van der Waals surface area contributed by atoms with Gasteiger partial charge in [-0.25, -0.2) is 9.97 Å². The van der Waals surface area contributed by atoms with Gasteiger partial charge in [-0.05, 0) is 71.5 Å². The number of benzene rings is 5. The van der Waals surface area contributed by atoms with Crippen LogP contribution >= 0.6 is 0 Å². The monoisotopic (exact) mass is 628 g/mol. The molecule has 8 aromatic rings. The van der Waals surface area contributed by atoms with Crippen molar-refractivity contribution in [2.75, 3.05) is 0 Å². The number of hydrogen-bond acceptors (Lipinski definition) is 3. The lowest BCUT2D eigenvalue weighted by atomic mass is 9.98. The lowest BCUT2D eigenvalue weighted by molar-refractivity contribution is 1.04. The van der Waals surface area contributed by atoms with E-state index in [4.69, 9.17) is 9.97 Å². The van der Waals surface area contributed by atoms with E-state index in [0.717, 1.165) is 57.7 Å². The molecule has 1 aliphatic rings. The average Bonchev–Trinajstić information content (AvgIpc) is 3.53. The van der Waals surface area contributed by atoms with Gasteiger partial charge in [0.25, 0.3) is 0 Å². The Morgan fingerprint density at radius 1 is 0.490 bits per heavy atom. The van der Waals surface area contributed by atoms with E-state index in [-0.39, 0.29) is 0 Å². The molecule has 232 valence electrons. The maximum absolute atomic E-state index is 5.14. The van der Waals surface area contributed by atoms with Crippen LogP contribution < -0.4 is 0 Å². The molecule has 49 heavy (non-hydrogen) atoms. The molecule has 0 saturated heterocycles. The van der Waals surface area contributed by atoms with E-state index in [0.29, 0.717) is 5.82 Å². The maximum atomic E-state index is 5.14. The van der Waals surface area contributed by atoms with Crippen molar-refractivity contribution in [2.24, 2.45) is 0 Å². The van der Waals surface area contributed by atoms with Crippen molar-refractivity contribution in [3.05, 3.63) is 176 Å². The first-order valence-electron chi connectivity index (χ1n) is 16.7. The van der Waals surface area contributed by atoms with Crippen molar-refractivity contribution in [3.8, 4) is 50.7 Å². The molecule has 0 saturated carbocycles. The Hall–Kier alpha value is -6.39. The van der Waals surface area contributed by atoms with Gasteiger partial charge in [-0.3, -0.25) is 4.98 Å². The van der Waals surface area contributed by atoms with Crippen LogP contribution in [-0.2, 0) is 0 Å². The highest BCUT2D eigenvalue weighted by molar-refractivity contribution is 6.09. The van der Waals surface area contributed by atoms with Gasteiger partial charge in [0.05, 0.1) is 22.4 Å². The fourth-order valence-electron chi connectivity index (χ4n) is 6.86. The molecule has 0 fully saturated rings. The second-order valence-corrected chi connectivity index (χ2v) is 12.4. The topological polar surface area (TPSA) is 43.6 Å². The minimum atomic E-state index is 0.704. The van der Waals surface area contributed by atoms with Gasteiger partial charge in [0, 0.05) is 45.5 Å². The summed E-state index contributed by atoms with van der Waals surface area (Å²) in [5.74, 6) is 0.704. The largest absolute Gasteiger partial charge is 0.309 e. The summed E-state index contributed by atoms with van der Waals surface area (Å²) in [5, 5.41) is 2.51. The Balaban J connectivity index is 1.13. The van der Waals surface area contributed by atoms with Crippen LogP contribution in [0.3, 0.4) is 0 Å².